The molecule has 0 aliphatic carbocycles. The topological polar surface area (TPSA) is 98.5 Å². The minimum absolute atomic E-state index is 0.163. The van der Waals surface area contributed by atoms with E-state index in [1.165, 1.54) is 12.1 Å². The molecule has 0 aromatic heterocycles. The Balaban J connectivity index is 2.03. The summed E-state index contributed by atoms with van der Waals surface area (Å²) in [5, 5.41) is 11.2. The lowest BCUT2D eigenvalue weighted by atomic mass is 10.00. The van der Waals surface area contributed by atoms with Crippen molar-refractivity contribution in [3.05, 3.63) is 99.6 Å². The van der Waals surface area contributed by atoms with Crippen LogP contribution in [0.15, 0.2) is 77.7 Å². The Kier molecular flexibility index (Phi) is 5.95. The Bertz CT molecular complexity index is 1110. The van der Waals surface area contributed by atoms with Crippen molar-refractivity contribution in [2.45, 2.75) is 17.9 Å². The second-order valence-electron chi connectivity index (χ2n) is 6.44. The molecule has 1 N–H and O–H groups in total. The molecule has 0 aliphatic rings. The summed E-state index contributed by atoms with van der Waals surface area (Å²) >= 11 is 0. The van der Waals surface area contributed by atoms with Crippen LogP contribution in [0.5, 0.6) is 5.75 Å². The van der Waals surface area contributed by atoms with E-state index < -0.39 is 21.0 Å². The summed E-state index contributed by atoms with van der Waals surface area (Å²) in [6.45, 7) is 1.56. The number of hydrogen-bond acceptors (Lipinski definition) is 5. The molecule has 1 atom stereocenters. The van der Waals surface area contributed by atoms with Crippen LogP contribution in [0.1, 0.15) is 22.7 Å². The van der Waals surface area contributed by atoms with Crippen LogP contribution in [-0.4, -0.2) is 20.5 Å². The van der Waals surface area contributed by atoms with Gasteiger partial charge in [0, 0.05) is 11.6 Å². The molecule has 29 heavy (non-hydrogen) atoms. The average Bonchev–Trinajstić information content (AvgIpc) is 2.73. The fraction of sp³-hybridized carbons (Fsp3) is 0.143. The molecule has 0 fully saturated rings. The Morgan fingerprint density at radius 3 is 2.17 bits per heavy atom. The molecule has 0 amide bonds. The van der Waals surface area contributed by atoms with Crippen LogP contribution in [-0.2, 0) is 10.0 Å². The molecular formula is C21H20N2O5S. The molecule has 0 aliphatic heterocycles. The molecule has 3 aromatic rings. The summed E-state index contributed by atoms with van der Waals surface area (Å²) in [4.78, 5) is 10.5. The first-order chi connectivity index (χ1) is 13.8. The lowest BCUT2D eigenvalue weighted by Gasteiger charge is -2.20. The summed E-state index contributed by atoms with van der Waals surface area (Å²) in [5.41, 5.74) is 1.60. The summed E-state index contributed by atoms with van der Waals surface area (Å²) < 4.78 is 33.9. The van der Waals surface area contributed by atoms with Crippen LogP contribution in [0, 0.1) is 17.0 Å². The van der Waals surface area contributed by atoms with Gasteiger partial charge in [-0.2, -0.15) is 4.72 Å². The van der Waals surface area contributed by atoms with E-state index in [0.29, 0.717) is 16.9 Å². The van der Waals surface area contributed by atoms with E-state index >= 15 is 0 Å². The zero-order valence-corrected chi connectivity index (χ0v) is 16.7. The lowest BCUT2D eigenvalue weighted by Crippen LogP contribution is -2.29. The minimum Gasteiger partial charge on any atom is -0.497 e. The fourth-order valence-corrected chi connectivity index (χ4v) is 4.18. The number of benzene rings is 3. The van der Waals surface area contributed by atoms with Crippen molar-refractivity contribution in [1.82, 2.24) is 4.72 Å². The fourth-order valence-electron chi connectivity index (χ4n) is 2.95. The van der Waals surface area contributed by atoms with Crippen molar-refractivity contribution in [2.75, 3.05) is 7.11 Å². The number of ether oxygens (including phenoxy) is 1. The minimum atomic E-state index is -4.03. The maximum atomic E-state index is 13.0. The summed E-state index contributed by atoms with van der Waals surface area (Å²) in [6, 6.07) is 19.3. The van der Waals surface area contributed by atoms with Gasteiger partial charge in [-0.15, -0.1) is 0 Å². The zero-order chi connectivity index (χ0) is 21.0. The van der Waals surface area contributed by atoms with E-state index in [4.69, 9.17) is 4.74 Å². The molecule has 3 rings (SSSR count). The normalized spacial score (nSPS) is 12.3. The summed E-state index contributed by atoms with van der Waals surface area (Å²) in [7, 11) is -2.48. The predicted molar refractivity (Wildman–Crippen MR) is 109 cm³/mol. The van der Waals surface area contributed by atoms with Crippen molar-refractivity contribution >= 4 is 15.7 Å². The second-order valence-corrected chi connectivity index (χ2v) is 8.16. The van der Waals surface area contributed by atoms with Crippen LogP contribution in [0.3, 0.4) is 0 Å². The quantitative estimate of drug-likeness (QED) is 0.467. The SMILES string of the molecule is COc1ccc([C@H](NS(=O)(=O)c2ccc(C)c([N+](=O)[O-])c2)c2ccccc2)cc1. The molecule has 0 unspecified atom stereocenters. The molecule has 0 spiro atoms. The highest BCUT2D eigenvalue weighted by Gasteiger charge is 2.25. The third-order valence-electron chi connectivity index (χ3n) is 4.54. The van der Waals surface area contributed by atoms with E-state index in [2.05, 4.69) is 4.72 Å². The second kappa shape index (κ2) is 8.42. The van der Waals surface area contributed by atoms with Gasteiger partial charge in [0.15, 0.2) is 0 Å². The molecule has 150 valence electrons. The van der Waals surface area contributed by atoms with E-state index in [-0.39, 0.29) is 10.6 Å². The summed E-state index contributed by atoms with van der Waals surface area (Å²) in [5.74, 6) is 0.651. The number of hydrogen-bond donors (Lipinski definition) is 1. The smallest absolute Gasteiger partial charge is 0.273 e. The van der Waals surface area contributed by atoms with Crippen molar-refractivity contribution in [3.8, 4) is 5.75 Å². The maximum Gasteiger partial charge on any atom is 0.273 e. The molecule has 3 aromatic carbocycles. The third-order valence-corrected chi connectivity index (χ3v) is 5.96. The Hall–Kier alpha value is -3.23. The van der Waals surface area contributed by atoms with Crippen LogP contribution in [0.4, 0.5) is 5.69 Å². The molecule has 0 saturated carbocycles. The van der Waals surface area contributed by atoms with Crippen LogP contribution < -0.4 is 9.46 Å². The first-order valence-corrected chi connectivity index (χ1v) is 10.3. The van der Waals surface area contributed by atoms with Crippen molar-refractivity contribution < 1.29 is 18.1 Å². The van der Waals surface area contributed by atoms with Gasteiger partial charge in [-0.05, 0) is 36.2 Å². The maximum absolute atomic E-state index is 13.0. The number of nitrogens with zero attached hydrogens (tertiary/aromatic N) is 1. The van der Waals surface area contributed by atoms with Gasteiger partial charge >= 0.3 is 0 Å². The van der Waals surface area contributed by atoms with E-state index in [0.717, 1.165) is 11.6 Å². The van der Waals surface area contributed by atoms with Crippen LogP contribution >= 0.6 is 0 Å². The molecule has 8 heteroatoms. The first kappa shape index (κ1) is 20.5. The first-order valence-electron chi connectivity index (χ1n) is 8.78. The highest BCUT2D eigenvalue weighted by molar-refractivity contribution is 7.89. The number of rotatable bonds is 7. The molecular weight excluding hydrogens is 392 g/mol. The lowest BCUT2D eigenvalue weighted by molar-refractivity contribution is -0.385. The van der Waals surface area contributed by atoms with Gasteiger partial charge in [0.2, 0.25) is 10.0 Å². The Morgan fingerprint density at radius 1 is 0.966 bits per heavy atom. The Morgan fingerprint density at radius 2 is 1.59 bits per heavy atom. The van der Waals surface area contributed by atoms with E-state index in [1.807, 2.05) is 30.3 Å². The van der Waals surface area contributed by atoms with Gasteiger partial charge < -0.3 is 4.74 Å². The molecule has 0 heterocycles. The number of methoxy groups -OCH3 is 1. The van der Waals surface area contributed by atoms with Crippen molar-refractivity contribution in [1.29, 1.82) is 0 Å². The average molecular weight is 412 g/mol. The predicted octanol–water partition coefficient (Wildman–Crippen LogP) is 3.98. The number of nitro benzene ring substituents is 1. The standard InChI is InChI=1S/C21H20N2O5S/c1-15-8-13-19(14-20(15)23(24)25)29(26,27)22-21(16-6-4-3-5-7-16)17-9-11-18(28-2)12-10-17/h3-14,21-22H,1-2H3/t21-/m1/s1. The third kappa shape index (κ3) is 4.61. The van der Waals surface area contributed by atoms with Gasteiger partial charge in [-0.3, -0.25) is 10.1 Å². The van der Waals surface area contributed by atoms with Crippen LogP contribution in [0.25, 0.3) is 0 Å². The number of nitrogens with one attached hydrogen (secondary N) is 1. The molecule has 0 bridgehead atoms. The van der Waals surface area contributed by atoms with Crippen molar-refractivity contribution in [3.63, 3.8) is 0 Å². The van der Waals surface area contributed by atoms with Crippen LogP contribution in [0.2, 0.25) is 0 Å². The zero-order valence-electron chi connectivity index (χ0n) is 15.9. The van der Waals surface area contributed by atoms with E-state index in [9.17, 15) is 18.5 Å². The van der Waals surface area contributed by atoms with Crippen molar-refractivity contribution in [2.24, 2.45) is 0 Å². The summed E-state index contributed by atoms with van der Waals surface area (Å²) in [6.07, 6.45) is 0. The molecule has 0 saturated heterocycles. The van der Waals surface area contributed by atoms with Gasteiger partial charge in [0.05, 0.1) is 23.0 Å². The van der Waals surface area contributed by atoms with Gasteiger partial charge in [0.1, 0.15) is 5.75 Å². The largest absolute Gasteiger partial charge is 0.497 e. The highest BCUT2D eigenvalue weighted by atomic mass is 32.2. The monoisotopic (exact) mass is 412 g/mol. The number of nitro groups is 1. The number of aryl methyl sites for hydroxylation is 1. The van der Waals surface area contributed by atoms with Gasteiger partial charge in [0.25, 0.3) is 5.69 Å². The Labute approximate surface area is 169 Å². The molecule has 0 radical (unpaired) electrons. The number of sulfonamides is 1. The molecule has 7 nitrogen and oxygen atoms in total. The highest BCUT2D eigenvalue weighted by Crippen LogP contribution is 2.28. The van der Waals surface area contributed by atoms with E-state index in [1.54, 1.807) is 38.3 Å². The van der Waals surface area contributed by atoms with Gasteiger partial charge in [-0.1, -0.05) is 48.5 Å². The van der Waals surface area contributed by atoms with Gasteiger partial charge in [-0.25, -0.2) is 8.42 Å².